The first-order chi connectivity index (χ1) is 5.07. The van der Waals surface area contributed by atoms with Crippen molar-refractivity contribution in [2.24, 2.45) is 0 Å². The van der Waals surface area contributed by atoms with Gasteiger partial charge in [0.25, 0.3) is 0 Å². The van der Waals surface area contributed by atoms with Gasteiger partial charge in [-0.05, 0) is 12.2 Å². The van der Waals surface area contributed by atoms with Crippen molar-refractivity contribution in [3.05, 3.63) is 35.9 Å². The van der Waals surface area contributed by atoms with Gasteiger partial charge in [-0.2, -0.15) is 0 Å². The van der Waals surface area contributed by atoms with Crippen molar-refractivity contribution < 1.29 is 9.53 Å². The molecule has 0 heterocycles. The molecule has 0 saturated heterocycles. The molecule has 0 aromatic heterocycles. The molecule has 0 N–H and O–H groups in total. The number of hydrogen-bond donors (Lipinski definition) is 0. The van der Waals surface area contributed by atoms with E-state index in [2.05, 4.69) is 17.9 Å². The van der Waals surface area contributed by atoms with Gasteiger partial charge in [-0.15, -0.1) is 0 Å². The minimum atomic E-state index is -0.473. The van der Waals surface area contributed by atoms with Crippen molar-refractivity contribution in [1.82, 2.24) is 0 Å². The van der Waals surface area contributed by atoms with Crippen LogP contribution < -0.4 is 0 Å². The zero-order chi connectivity index (χ0) is 8.85. The Labute approximate surface area is 70.8 Å². The Bertz CT molecular complexity index is 216. The van der Waals surface area contributed by atoms with E-state index in [1.165, 1.54) is 19.3 Å². The van der Waals surface area contributed by atoms with Gasteiger partial charge in [-0.1, -0.05) is 24.8 Å². The van der Waals surface area contributed by atoms with Crippen molar-refractivity contribution in [3.63, 3.8) is 0 Å². The summed E-state index contributed by atoms with van der Waals surface area (Å²) in [5.74, 6) is -0.473. The Balaban J connectivity index is 4.08. The maximum Gasteiger partial charge on any atom is 0.337 e. The lowest BCUT2D eigenvalue weighted by molar-refractivity contribution is -0.135. The lowest BCUT2D eigenvalue weighted by Gasteiger charge is -1.94. The van der Waals surface area contributed by atoms with Crippen LogP contribution in [0.4, 0.5) is 0 Å². The second-order valence-electron chi connectivity index (χ2n) is 1.80. The second-order valence-corrected chi connectivity index (χ2v) is 2.28. The minimum Gasteiger partial charge on any atom is -0.465 e. The van der Waals surface area contributed by atoms with E-state index >= 15 is 0 Å². The number of ether oxygens (including phenoxy) is 1. The maximum atomic E-state index is 10.7. The number of carbonyl (C=O) groups excluding carboxylic acids is 1. The topological polar surface area (TPSA) is 26.3 Å². The molecule has 0 saturated carbocycles. The predicted molar refractivity (Wildman–Crippen MR) is 45.3 cm³/mol. The van der Waals surface area contributed by atoms with E-state index in [-0.39, 0.29) is 5.57 Å². The van der Waals surface area contributed by atoms with Crippen LogP contribution >= 0.6 is 11.6 Å². The quantitative estimate of drug-likeness (QED) is 0.370. The summed E-state index contributed by atoms with van der Waals surface area (Å²) in [5, 5.41) is 0.343. The van der Waals surface area contributed by atoms with Crippen LogP contribution in [0.25, 0.3) is 0 Å². The highest BCUT2D eigenvalue weighted by Crippen LogP contribution is 2.02. The van der Waals surface area contributed by atoms with Gasteiger partial charge in [0.15, 0.2) is 0 Å². The molecule has 0 aromatic carbocycles. The van der Waals surface area contributed by atoms with E-state index in [4.69, 9.17) is 11.6 Å². The van der Waals surface area contributed by atoms with E-state index in [0.29, 0.717) is 5.03 Å². The Morgan fingerprint density at radius 2 is 2.00 bits per heavy atom. The van der Waals surface area contributed by atoms with Crippen LogP contribution in [-0.4, -0.2) is 13.1 Å². The highest BCUT2D eigenvalue weighted by Gasteiger charge is 2.00. The highest BCUT2D eigenvalue weighted by molar-refractivity contribution is 6.30. The Morgan fingerprint density at radius 3 is 2.36 bits per heavy atom. The Hall–Kier alpha value is -1.02. The Morgan fingerprint density at radius 1 is 1.45 bits per heavy atom. The second kappa shape index (κ2) is 4.74. The van der Waals surface area contributed by atoms with Crippen molar-refractivity contribution in [3.8, 4) is 0 Å². The van der Waals surface area contributed by atoms with Crippen LogP contribution in [0.5, 0.6) is 0 Å². The minimum absolute atomic E-state index is 0.245. The van der Waals surface area contributed by atoms with Crippen molar-refractivity contribution in [2.45, 2.75) is 0 Å². The van der Waals surface area contributed by atoms with E-state index in [0.717, 1.165) is 0 Å². The molecule has 0 aliphatic rings. The van der Waals surface area contributed by atoms with Gasteiger partial charge in [-0.3, -0.25) is 0 Å². The molecule has 0 radical (unpaired) electrons. The molecule has 60 valence electrons. The third-order valence-corrected chi connectivity index (χ3v) is 1.04. The van der Waals surface area contributed by atoms with E-state index in [1.54, 1.807) is 0 Å². The monoisotopic (exact) mass is 172 g/mol. The SMILES string of the molecule is C=C(Cl)/C=C\C(=C)C(=O)OC. The average Bonchev–Trinajstić information content (AvgIpc) is 1.98. The molecule has 11 heavy (non-hydrogen) atoms. The number of allylic oxidation sites excluding steroid dienone is 2. The fourth-order valence-electron chi connectivity index (χ4n) is 0.390. The van der Waals surface area contributed by atoms with Crippen LogP contribution in [0.2, 0.25) is 0 Å². The summed E-state index contributed by atoms with van der Waals surface area (Å²) in [4.78, 5) is 10.7. The van der Waals surface area contributed by atoms with E-state index in [1.807, 2.05) is 0 Å². The largest absolute Gasteiger partial charge is 0.465 e. The number of halogens is 1. The molecular weight excluding hydrogens is 164 g/mol. The van der Waals surface area contributed by atoms with Gasteiger partial charge < -0.3 is 4.74 Å². The summed E-state index contributed by atoms with van der Waals surface area (Å²) in [6, 6.07) is 0. The number of hydrogen-bond acceptors (Lipinski definition) is 2. The lowest BCUT2D eigenvalue weighted by Crippen LogP contribution is -2.00. The third kappa shape index (κ3) is 4.39. The summed E-state index contributed by atoms with van der Waals surface area (Å²) in [6.07, 6.45) is 2.92. The molecule has 0 spiro atoms. The first-order valence-electron chi connectivity index (χ1n) is 2.87. The van der Waals surface area contributed by atoms with Crippen molar-refractivity contribution >= 4 is 17.6 Å². The smallest absolute Gasteiger partial charge is 0.337 e. The molecule has 0 rings (SSSR count). The molecule has 0 aliphatic heterocycles. The number of methoxy groups -OCH3 is 1. The normalized spacial score (nSPS) is 9.64. The first kappa shape index (κ1) is 9.98. The van der Waals surface area contributed by atoms with Gasteiger partial charge >= 0.3 is 5.97 Å². The summed E-state index contributed by atoms with van der Waals surface area (Å²) in [7, 11) is 1.29. The summed E-state index contributed by atoms with van der Waals surface area (Å²) >= 11 is 5.40. The first-order valence-corrected chi connectivity index (χ1v) is 3.25. The van der Waals surface area contributed by atoms with Gasteiger partial charge in [-0.25, -0.2) is 4.79 Å². The van der Waals surface area contributed by atoms with Gasteiger partial charge in [0, 0.05) is 5.03 Å². The van der Waals surface area contributed by atoms with Crippen LogP contribution in [0.3, 0.4) is 0 Å². The summed E-state index contributed by atoms with van der Waals surface area (Å²) < 4.78 is 4.38. The van der Waals surface area contributed by atoms with Crippen LogP contribution in [0.15, 0.2) is 35.9 Å². The average molecular weight is 173 g/mol. The van der Waals surface area contributed by atoms with E-state index in [9.17, 15) is 4.79 Å². The molecule has 0 unspecified atom stereocenters. The molecule has 0 amide bonds. The molecule has 0 aromatic rings. The van der Waals surface area contributed by atoms with Crippen molar-refractivity contribution in [1.29, 1.82) is 0 Å². The molecule has 3 heteroatoms. The van der Waals surface area contributed by atoms with Crippen LogP contribution in [0, 0.1) is 0 Å². The van der Waals surface area contributed by atoms with Crippen LogP contribution in [0.1, 0.15) is 0 Å². The Kier molecular flexibility index (Phi) is 4.30. The highest BCUT2D eigenvalue weighted by atomic mass is 35.5. The fraction of sp³-hybridized carbons (Fsp3) is 0.125. The standard InChI is InChI=1S/C8H9ClO2/c1-6(8(10)11-3)4-5-7(2)9/h4-5H,1-2H2,3H3/b5-4-. The van der Waals surface area contributed by atoms with Gasteiger partial charge in [0.1, 0.15) is 0 Å². The third-order valence-electron chi connectivity index (χ3n) is 0.913. The zero-order valence-corrected chi connectivity index (χ0v) is 7.02. The number of carbonyl (C=O) groups is 1. The predicted octanol–water partition coefficient (Wildman–Crippen LogP) is 2.02. The van der Waals surface area contributed by atoms with Crippen LogP contribution in [-0.2, 0) is 9.53 Å². The number of rotatable bonds is 3. The molecule has 0 bridgehead atoms. The summed E-state index contributed by atoms with van der Waals surface area (Å²) in [5.41, 5.74) is 0.245. The number of esters is 1. The maximum absolute atomic E-state index is 10.7. The van der Waals surface area contributed by atoms with Gasteiger partial charge in [0.2, 0.25) is 0 Å². The van der Waals surface area contributed by atoms with Crippen molar-refractivity contribution in [2.75, 3.05) is 7.11 Å². The zero-order valence-electron chi connectivity index (χ0n) is 6.26. The molecular formula is C8H9ClO2. The summed E-state index contributed by atoms with van der Waals surface area (Å²) in [6.45, 7) is 6.83. The molecule has 0 atom stereocenters. The lowest BCUT2D eigenvalue weighted by atomic mass is 10.3. The van der Waals surface area contributed by atoms with E-state index < -0.39 is 5.97 Å². The molecule has 0 fully saturated rings. The van der Waals surface area contributed by atoms with Gasteiger partial charge in [0.05, 0.1) is 12.7 Å². The fourth-order valence-corrected chi connectivity index (χ4v) is 0.453. The molecule has 0 aliphatic carbocycles. The molecule has 2 nitrogen and oxygen atoms in total.